The topological polar surface area (TPSA) is 50.2 Å². The van der Waals surface area contributed by atoms with Crippen LogP contribution in [0.4, 0.5) is 8.78 Å². The molecule has 2 rings (SSSR count). The number of nitrogens with zero attached hydrogens (tertiary/aromatic N) is 1. The minimum absolute atomic E-state index is 0.301. The molecule has 0 fully saturated rings. The van der Waals surface area contributed by atoms with Crippen LogP contribution >= 0.6 is 11.3 Å². The second-order valence-electron chi connectivity index (χ2n) is 4.63. The highest BCUT2D eigenvalue weighted by atomic mass is 32.1. The molecule has 0 aliphatic carbocycles. The Kier molecular flexibility index (Phi) is 3.36. The van der Waals surface area contributed by atoms with Gasteiger partial charge in [0.25, 0.3) is 0 Å². The first kappa shape index (κ1) is 13.6. The minimum Gasteiger partial charge on any atom is -0.481 e. The van der Waals surface area contributed by atoms with E-state index in [1.54, 1.807) is 5.38 Å². The summed E-state index contributed by atoms with van der Waals surface area (Å²) in [5.41, 5.74) is -0.472. The zero-order chi connectivity index (χ0) is 14.2. The van der Waals surface area contributed by atoms with E-state index < -0.39 is 23.0 Å². The largest absolute Gasteiger partial charge is 0.481 e. The number of hydrogen-bond donors (Lipinski definition) is 1. The van der Waals surface area contributed by atoms with E-state index in [0.29, 0.717) is 16.3 Å². The van der Waals surface area contributed by atoms with E-state index >= 15 is 0 Å². The molecule has 1 aromatic carbocycles. The number of halogens is 2. The molecular weight excluding hydrogens is 272 g/mol. The second kappa shape index (κ2) is 4.70. The molecule has 0 bridgehead atoms. The van der Waals surface area contributed by atoms with Crippen LogP contribution in [0, 0.1) is 11.6 Å². The van der Waals surface area contributed by atoms with Crippen molar-refractivity contribution in [2.45, 2.75) is 19.3 Å². The molecule has 0 spiro atoms. The van der Waals surface area contributed by atoms with Crippen molar-refractivity contribution in [3.05, 3.63) is 40.9 Å². The maximum absolute atomic E-state index is 13.1. The van der Waals surface area contributed by atoms with Gasteiger partial charge in [-0.3, -0.25) is 4.79 Å². The monoisotopic (exact) mass is 283 g/mol. The predicted octanol–water partition coefficient (Wildman–Crippen LogP) is 3.45. The van der Waals surface area contributed by atoms with Crippen LogP contribution in [0.3, 0.4) is 0 Å². The van der Waals surface area contributed by atoms with Crippen LogP contribution in [0.2, 0.25) is 0 Å². The Morgan fingerprint density at radius 1 is 1.26 bits per heavy atom. The molecule has 1 N–H and O–H groups in total. The lowest BCUT2D eigenvalue weighted by Gasteiger charge is -2.15. The van der Waals surface area contributed by atoms with E-state index in [1.807, 2.05) is 0 Å². The number of benzene rings is 1. The molecule has 100 valence electrons. The van der Waals surface area contributed by atoms with Gasteiger partial charge in [-0.15, -0.1) is 11.3 Å². The van der Waals surface area contributed by atoms with Gasteiger partial charge in [0.2, 0.25) is 0 Å². The fourth-order valence-electron chi connectivity index (χ4n) is 1.48. The lowest BCUT2D eigenvalue weighted by atomic mass is 9.90. The molecule has 19 heavy (non-hydrogen) atoms. The van der Waals surface area contributed by atoms with Crippen molar-refractivity contribution in [1.82, 2.24) is 4.98 Å². The van der Waals surface area contributed by atoms with Crippen molar-refractivity contribution in [3.63, 3.8) is 0 Å². The summed E-state index contributed by atoms with van der Waals surface area (Å²) in [6, 6.07) is 3.11. The molecule has 0 unspecified atom stereocenters. The summed E-state index contributed by atoms with van der Waals surface area (Å²) in [5.74, 6) is -2.39. The summed E-state index contributed by atoms with van der Waals surface area (Å²) in [4.78, 5) is 15.3. The van der Waals surface area contributed by atoms with Crippen molar-refractivity contribution in [3.8, 4) is 10.6 Å². The number of carbonyl (C=O) groups is 1. The van der Waals surface area contributed by atoms with Gasteiger partial charge in [0.05, 0.1) is 5.69 Å². The molecule has 3 nitrogen and oxygen atoms in total. The number of aliphatic carboxylic acids is 1. The molecule has 1 aromatic heterocycles. The highest BCUT2D eigenvalue weighted by Gasteiger charge is 2.32. The summed E-state index contributed by atoms with van der Waals surface area (Å²) >= 11 is 1.16. The average molecular weight is 283 g/mol. The van der Waals surface area contributed by atoms with Gasteiger partial charge < -0.3 is 5.11 Å². The molecule has 6 heteroatoms. The van der Waals surface area contributed by atoms with E-state index in [1.165, 1.54) is 26.0 Å². The van der Waals surface area contributed by atoms with Crippen LogP contribution in [-0.2, 0) is 10.2 Å². The lowest BCUT2D eigenvalue weighted by Crippen LogP contribution is -2.28. The smallest absolute Gasteiger partial charge is 0.315 e. The Balaban J connectivity index is 2.44. The molecule has 0 radical (unpaired) electrons. The molecular formula is C13H11F2NO2S. The Morgan fingerprint density at radius 3 is 2.37 bits per heavy atom. The lowest BCUT2D eigenvalue weighted by molar-refractivity contribution is -0.142. The molecule has 1 heterocycles. The summed E-state index contributed by atoms with van der Waals surface area (Å²) in [7, 11) is 0. The number of aromatic nitrogens is 1. The average Bonchev–Trinajstić information content (AvgIpc) is 2.76. The third-order valence-corrected chi connectivity index (χ3v) is 3.68. The summed E-state index contributed by atoms with van der Waals surface area (Å²) in [5, 5.41) is 11.1. The first-order valence-corrected chi connectivity index (χ1v) is 6.34. The van der Waals surface area contributed by atoms with Gasteiger partial charge in [0.1, 0.15) is 22.1 Å². The fraction of sp³-hybridized carbons (Fsp3) is 0.231. The Bertz CT molecular complexity index is 617. The van der Waals surface area contributed by atoms with Crippen LogP contribution in [0.5, 0.6) is 0 Å². The summed E-state index contributed by atoms with van der Waals surface area (Å²) in [6.07, 6.45) is 0. The van der Waals surface area contributed by atoms with Crippen molar-refractivity contribution in [2.75, 3.05) is 0 Å². The highest BCUT2D eigenvalue weighted by molar-refractivity contribution is 7.13. The first-order chi connectivity index (χ1) is 8.80. The van der Waals surface area contributed by atoms with Gasteiger partial charge in [-0.05, 0) is 26.0 Å². The van der Waals surface area contributed by atoms with E-state index in [2.05, 4.69) is 4.98 Å². The third kappa shape index (κ3) is 2.63. The molecule has 2 aromatic rings. The summed E-state index contributed by atoms with van der Waals surface area (Å²) < 4.78 is 26.3. The standard InChI is InChI=1S/C13H11F2NO2S/c1-13(2,12(17)18)10-6-19-11(16-10)7-3-8(14)5-9(15)4-7/h3-6H,1-2H3,(H,17,18). The van der Waals surface area contributed by atoms with Crippen LogP contribution in [-0.4, -0.2) is 16.1 Å². The number of thiazole rings is 1. The summed E-state index contributed by atoms with van der Waals surface area (Å²) in [6.45, 7) is 3.06. The van der Waals surface area contributed by atoms with E-state index in [0.717, 1.165) is 17.4 Å². The number of hydrogen-bond acceptors (Lipinski definition) is 3. The molecule has 0 aliphatic rings. The molecule has 0 amide bonds. The van der Waals surface area contributed by atoms with Gasteiger partial charge in [0.15, 0.2) is 0 Å². The van der Waals surface area contributed by atoms with Crippen LogP contribution in [0.1, 0.15) is 19.5 Å². The molecule has 0 saturated carbocycles. The maximum Gasteiger partial charge on any atom is 0.315 e. The second-order valence-corrected chi connectivity index (χ2v) is 5.48. The van der Waals surface area contributed by atoms with E-state index in [9.17, 15) is 13.6 Å². The Hall–Kier alpha value is -1.82. The maximum atomic E-state index is 13.1. The predicted molar refractivity (Wildman–Crippen MR) is 68.1 cm³/mol. The van der Waals surface area contributed by atoms with Crippen molar-refractivity contribution in [2.24, 2.45) is 0 Å². The normalized spacial score (nSPS) is 11.6. The van der Waals surface area contributed by atoms with Crippen LogP contribution < -0.4 is 0 Å². The minimum atomic E-state index is -1.14. The van der Waals surface area contributed by atoms with Gasteiger partial charge in [-0.25, -0.2) is 13.8 Å². The molecule has 0 saturated heterocycles. The van der Waals surface area contributed by atoms with Crippen molar-refractivity contribution in [1.29, 1.82) is 0 Å². The third-order valence-electron chi connectivity index (χ3n) is 2.79. The SMILES string of the molecule is CC(C)(C(=O)O)c1csc(-c2cc(F)cc(F)c2)n1. The number of carboxylic acids is 1. The van der Waals surface area contributed by atoms with Crippen molar-refractivity contribution >= 4 is 17.3 Å². The van der Waals surface area contributed by atoms with Crippen LogP contribution in [0.25, 0.3) is 10.6 Å². The number of carboxylic acid groups (broad SMARTS) is 1. The zero-order valence-corrected chi connectivity index (χ0v) is 11.1. The zero-order valence-electron chi connectivity index (χ0n) is 10.3. The van der Waals surface area contributed by atoms with Gasteiger partial charge >= 0.3 is 5.97 Å². The molecule has 0 atom stereocenters. The van der Waals surface area contributed by atoms with Gasteiger partial charge in [-0.1, -0.05) is 0 Å². The van der Waals surface area contributed by atoms with Crippen molar-refractivity contribution < 1.29 is 18.7 Å². The van der Waals surface area contributed by atoms with Crippen LogP contribution in [0.15, 0.2) is 23.6 Å². The first-order valence-electron chi connectivity index (χ1n) is 5.46. The fourth-order valence-corrected chi connectivity index (χ4v) is 2.46. The number of rotatable bonds is 3. The van der Waals surface area contributed by atoms with E-state index in [-0.39, 0.29) is 0 Å². The Morgan fingerprint density at radius 2 is 1.84 bits per heavy atom. The van der Waals surface area contributed by atoms with Gasteiger partial charge in [0, 0.05) is 17.0 Å². The quantitative estimate of drug-likeness (QED) is 0.938. The molecule has 0 aliphatic heterocycles. The highest BCUT2D eigenvalue weighted by Crippen LogP contribution is 2.30. The van der Waals surface area contributed by atoms with Gasteiger partial charge in [-0.2, -0.15) is 0 Å². The van der Waals surface area contributed by atoms with E-state index in [4.69, 9.17) is 5.11 Å². The Labute approximate surface area is 112 Å².